The summed E-state index contributed by atoms with van der Waals surface area (Å²) < 4.78 is 184. The Hall–Kier alpha value is -5.60. The molecule has 0 bridgehead atoms. The number of benzene rings is 5. The fourth-order valence-corrected chi connectivity index (χ4v) is 5.10. The van der Waals surface area contributed by atoms with Crippen LogP contribution in [0.3, 0.4) is 0 Å². The molecule has 0 aliphatic rings. The van der Waals surface area contributed by atoms with Gasteiger partial charge in [-0.15, -0.1) is 0 Å². The van der Waals surface area contributed by atoms with Gasteiger partial charge in [-0.25, -0.2) is 26.3 Å². The average Bonchev–Trinajstić information content (AvgIpc) is 3.03. The fraction of sp³-hybridized carbons (Fsp3) is 0.135. The van der Waals surface area contributed by atoms with E-state index in [0.29, 0.717) is 23.3 Å². The second-order valence-electron chi connectivity index (χ2n) is 11.1. The van der Waals surface area contributed by atoms with Gasteiger partial charge in [-0.3, -0.25) is 0 Å². The number of alkyl halides is 4. The van der Waals surface area contributed by atoms with Crippen molar-refractivity contribution in [2.75, 3.05) is 0 Å². The van der Waals surface area contributed by atoms with Crippen molar-refractivity contribution in [1.82, 2.24) is 0 Å². The summed E-state index contributed by atoms with van der Waals surface area (Å²) >= 11 is 0. The fourth-order valence-electron chi connectivity index (χ4n) is 5.10. The summed E-state index contributed by atoms with van der Waals surface area (Å²) in [7, 11) is 0. The van der Waals surface area contributed by atoms with Gasteiger partial charge >= 0.3 is 18.3 Å². The van der Waals surface area contributed by atoms with Gasteiger partial charge in [0, 0.05) is 29.8 Å². The van der Waals surface area contributed by atoms with Crippen molar-refractivity contribution < 1.29 is 66.9 Å². The molecule has 0 unspecified atom stereocenters. The van der Waals surface area contributed by atoms with Crippen LogP contribution in [-0.2, 0) is 18.6 Å². The van der Waals surface area contributed by atoms with E-state index in [1.54, 1.807) is 6.07 Å². The van der Waals surface area contributed by atoms with E-state index in [2.05, 4.69) is 14.2 Å². The first-order valence-electron chi connectivity index (χ1n) is 15.0. The Bertz CT molecular complexity index is 2080. The second kappa shape index (κ2) is 14.9. The normalized spacial score (nSPS) is 11.7. The molecule has 5 aromatic rings. The standard InChI is InChI=1S/C37H22F12O3/c1-2-3-19-4-6-20(7-5-19)21-8-10-25(27(38)12-21)22-9-11-26(28(39)13-22)36(46,47)51-23-14-29(40)34(30(41)15-23)37(48,49)52-24-16-31(42)35(32(43)17-24)50-18-33(44)45/h4-18H,2-3H2,1H3. The molecule has 3 nitrogen and oxygen atoms in total. The van der Waals surface area contributed by atoms with Gasteiger partial charge < -0.3 is 14.2 Å². The lowest BCUT2D eigenvalue weighted by Crippen LogP contribution is -2.26. The zero-order valence-corrected chi connectivity index (χ0v) is 26.3. The largest absolute Gasteiger partial charge is 0.453 e. The lowest BCUT2D eigenvalue weighted by Gasteiger charge is -2.22. The summed E-state index contributed by atoms with van der Waals surface area (Å²) in [6.45, 7) is 2.03. The van der Waals surface area contributed by atoms with E-state index in [-0.39, 0.29) is 41.7 Å². The molecule has 0 N–H and O–H groups in total. The Balaban J connectivity index is 1.34. The molecule has 5 aromatic carbocycles. The zero-order valence-electron chi connectivity index (χ0n) is 26.3. The van der Waals surface area contributed by atoms with E-state index in [1.807, 2.05) is 31.2 Å². The molecule has 272 valence electrons. The maximum Gasteiger partial charge on any atom is 0.432 e. The number of aryl methyl sites for hydroxylation is 1. The molecule has 0 saturated carbocycles. The van der Waals surface area contributed by atoms with Crippen LogP contribution in [0.2, 0.25) is 0 Å². The van der Waals surface area contributed by atoms with Gasteiger partial charge in [0.2, 0.25) is 0 Å². The van der Waals surface area contributed by atoms with Gasteiger partial charge in [0.25, 0.3) is 0 Å². The van der Waals surface area contributed by atoms with Crippen molar-refractivity contribution in [2.24, 2.45) is 0 Å². The van der Waals surface area contributed by atoms with E-state index < -0.39 is 81.6 Å². The van der Waals surface area contributed by atoms with Crippen LogP contribution in [0.15, 0.2) is 97.3 Å². The van der Waals surface area contributed by atoms with Gasteiger partial charge in [0.1, 0.15) is 40.3 Å². The van der Waals surface area contributed by atoms with Crippen molar-refractivity contribution in [2.45, 2.75) is 32.0 Å². The first-order valence-corrected chi connectivity index (χ1v) is 15.0. The highest BCUT2D eigenvalue weighted by atomic mass is 19.3. The number of ether oxygens (including phenoxy) is 3. The highest BCUT2D eigenvalue weighted by Crippen LogP contribution is 2.41. The molecule has 0 atom stereocenters. The van der Waals surface area contributed by atoms with Gasteiger partial charge in [-0.1, -0.05) is 55.8 Å². The topological polar surface area (TPSA) is 27.7 Å². The van der Waals surface area contributed by atoms with Crippen LogP contribution in [0.5, 0.6) is 17.2 Å². The van der Waals surface area contributed by atoms with Gasteiger partial charge in [-0.05, 0) is 46.9 Å². The first-order chi connectivity index (χ1) is 24.5. The molecule has 0 aliphatic carbocycles. The third kappa shape index (κ3) is 8.30. The monoisotopic (exact) mass is 742 g/mol. The van der Waals surface area contributed by atoms with Gasteiger partial charge in [0.15, 0.2) is 23.6 Å². The molecule has 0 radical (unpaired) electrons. The molecule has 0 heterocycles. The van der Waals surface area contributed by atoms with Crippen LogP contribution < -0.4 is 14.2 Å². The Morgan fingerprint density at radius 2 is 1.10 bits per heavy atom. The summed E-state index contributed by atoms with van der Waals surface area (Å²) in [6.07, 6.45) is -10.7. The van der Waals surface area contributed by atoms with Crippen LogP contribution in [0.4, 0.5) is 52.7 Å². The smallest absolute Gasteiger partial charge is 0.432 e. The molecule has 0 aliphatic heterocycles. The minimum atomic E-state index is -5.05. The Morgan fingerprint density at radius 1 is 0.577 bits per heavy atom. The van der Waals surface area contributed by atoms with Crippen molar-refractivity contribution in [3.63, 3.8) is 0 Å². The number of hydrogen-bond donors (Lipinski definition) is 0. The molecular formula is C37H22F12O3. The molecule has 0 spiro atoms. The van der Waals surface area contributed by atoms with Crippen molar-refractivity contribution >= 4 is 0 Å². The SMILES string of the molecule is CCCc1ccc(-c2ccc(-c3ccc(C(F)(F)Oc4cc(F)c(C(F)(F)Oc5cc(F)c(OC=C(F)F)c(F)c5)c(F)c4)c(F)c3)c(F)c2)cc1. The van der Waals surface area contributed by atoms with Crippen LogP contribution in [0.1, 0.15) is 30.0 Å². The highest BCUT2D eigenvalue weighted by Gasteiger charge is 2.43. The summed E-state index contributed by atoms with van der Waals surface area (Å²) in [5, 5.41) is 0. The molecule has 5 rings (SSSR count). The highest BCUT2D eigenvalue weighted by molar-refractivity contribution is 5.71. The zero-order chi connectivity index (χ0) is 38.0. The van der Waals surface area contributed by atoms with Crippen molar-refractivity contribution in [3.8, 4) is 39.5 Å². The minimum absolute atomic E-state index is 0.0284. The third-order valence-electron chi connectivity index (χ3n) is 7.43. The number of rotatable bonds is 12. The van der Waals surface area contributed by atoms with E-state index in [4.69, 9.17) is 0 Å². The summed E-state index contributed by atoms with van der Waals surface area (Å²) in [6, 6.07) is 13.4. The van der Waals surface area contributed by atoms with Crippen LogP contribution in [0.25, 0.3) is 22.3 Å². The first kappa shape index (κ1) is 37.7. The quantitative estimate of drug-likeness (QED) is 0.0941. The summed E-state index contributed by atoms with van der Waals surface area (Å²) in [4.78, 5) is 0. The van der Waals surface area contributed by atoms with Crippen LogP contribution >= 0.6 is 0 Å². The van der Waals surface area contributed by atoms with Crippen molar-refractivity contribution in [1.29, 1.82) is 0 Å². The summed E-state index contributed by atoms with van der Waals surface area (Å²) in [5.41, 5.74) is -1.63. The van der Waals surface area contributed by atoms with Crippen molar-refractivity contribution in [3.05, 3.63) is 149 Å². The Labute approximate surface area is 287 Å². The Morgan fingerprint density at radius 3 is 1.63 bits per heavy atom. The maximum absolute atomic E-state index is 15.1. The lowest BCUT2D eigenvalue weighted by molar-refractivity contribution is -0.191. The summed E-state index contributed by atoms with van der Waals surface area (Å²) in [5.74, 6) is -14.7. The molecule has 0 saturated heterocycles. The van der Waals surface area contributed by atoms with E-state index >= 15 is 17.6 Å². The number of hydrogen-bond acceptors (Lipinski definition) is 3. The molecule has 0 aromatic heterocycles. The van der Waals surface area contributed by atoms with Crippen LogP contribution in [0, 0.1) is 34.9 Å². The van der Waals surface area contributed by atoms with E-state index in [9.17, 15) is 35.1 Å². The second-order valence-corrected chi connectivity index (χ2v) is 11.1. The van der Waals surface area contributed by atoms with E-state index in [0.717, 1.165) is 24.5 Å². The Kier molecular flexibility index (Phi) is 10.8. The molecule has 15 heteroatoms. The number of halogens is 12. The average molecular weight is 743 g/mol. The molecular weight excluding hydrogens is 720 g/mol. The maximum atomic E-state index is 15.1. The minimum Gasteiger partial charge on any atom is -0.453 e. The lowest BCUT2D eigenvalue weighted by atomic mass is 9.97. The third-order valence-corrected chi connectivity index (χ3v) is 7.43. The van der Waals surface area contributed by atoms with E-state index in [1.165, 1.54) is 12.1 Å². The molecule has 0 fully saturated rings. The predicted octanol–water partition coefficient (Wildman–Crippen LogP) is 12.2. The predicted molar refractivity (Wildman–Crippen MR) is 164 cm³/mol. The van der Waals surface area contributed by atoms with Gasteiger partial charge in [-0.2, -0.15) is 26.3 Å². The molecule has 52 heavy (non-hydrogen) atoms. The van der Waals surface area contributed by atoms with Crippen LogP contribution in [-0.4, -0.2) is 0 Å². The molecule has 0 amide bonds. The van der Waals surface area contributed by atoms with Gasteiger partial charge in [0.05, 0.1) is 5.56 Å².